The first-order valence-electron chi connectivity index (χ1n) is 7.91. The van der Waals surface area contributed by atoms with Gasteiger partial charge >= 0.3 is 6.09 Å². The quantitative estimate of drug-likeness (QED) is 0.264. The zero-order valence-electron chi connectivity index (χ0n) is 14.7. The topological polar surface area (TPSA) is 106 Å². The van der Waals surface area contributed by atoms with E-state index < -0.39 is 6.09 Å². The van der Waals surface area contributed by atoms with Crippen LogP contribution in [-0.4, -0.2) is 23.6 Å². The van der Waals surface area contributed by atoms with Crippen molar-refractivity contribution < 1.29 is 14.3 Å². The Hall–Kier alpha value is -1.68. The number of hydrazine groups is 1. The summed E-state index contributed by atoms with van der Waals surface area (Å²) in [5.41, 5.74) is 4.19. The zero-order valence-corrected chi connectivity index (χ0v) is 17.1. The molecule has 0 unspecified atom stereocenters. The lowest BCUT2D eigenvalue weighted by molar-refractivity contribution is -0.114. The molecule has 0 aliphatic rings. The maximum Gasteiger partial charge on any atom is 0.421 e. The maximum absolute atomic E-state index is 11.0. The van der Waals surface area contributed by atoms with Crippen molar-refractivity contribution >= 4 is 52.2 Å². The van der Waals surface area contributed by atoms with Crippen LogP contribution in [0.25, 0.3) is 0 Å². The van der Waals surface area contributed by atoms with Crippen LogP contribution in [0.3, 0.4) is 0 Å². The molecule has 0 atom stereocenters. The Morgan fingerprint density at radius 1 is 1.31 bits per heavy atom. The van der Waals surface area contributed by atoms with E-state index in [0.29, 0.717) is 11.7 Å². The third kappa shape index (κ3) is 7.28. The Labute approximate surface area is 166 Å². The fraction of sp³-hybridized carbons (Fsp3) is 0.438. The number of thiazole rings is 1. The number of nitrogens with two attached hydrogens (primary N) is 1. The van der Waals surface area contributed by atoms with Gasteiger partial charge in [-0.15, -0.1) is 35.1 Å². The highest BCUT2D eigenvalue weighted by Gasteiger charge is 2.09. The van der Waals surface area contributed by atoms with Gasteiger partial charge in [0.25, 0.3) is 0 Å². The Kier molecular flexibility index (Phi) is 9.57. The molecule has 2 heterocycles. The molecular weight excluding hydrogens is 396 g/mol. The number of anilines is 1. The molecule has 0 saturated heterocycles. The monoisotopic (exact) mass is 418 g/mol. The van der Waals surface area contributed by atoms with Gasteiger partial charge < -0.3 is 10.1 Å². The fourth-order valence-electron chi connectivity index (χ4n) is 2.28. The van der Waals surface area contributed by atoms with Gasteiger partial charge in [-0.3, -0.25) is 10.2 Å². The Bertz CT molecular complexity index is 733. The lowest BCUT2D eigenvalue weighted by Gasteiger charge is -2.03. The van der Waals surface area contributed by atoms with Crippen molar-refractivity contribution in [1.29, 1.82) is 0 Å². The molecule has 4 N–H and O–H groups in total. The van der Waals surface area contributed by atoms with Crippen LogP contribution in [-0.2, 0) is 28.8 Å². The summed E-state index contributed by atoms with van der Waals surface area (Å²) >= 11 is 3.23. The molecule has 0 radical (unpaired) electrons. The minimum absolute atomic E-state index is 0. The Morgan fingerprint density at radius 2 is 2.08 bits per heavy atom. The fourth-order valence-corrected chi connectivity index (χ4v) is 4.30. The standard InChI is InChI=1S/C16H22N4O3S2.ClH/c1-10-8-13(25-14(10)4-3-7-23-16(22)20-17)6-5-12-9-24-15(19-12)18-11(2)21;/h8-9H,3-7,17H2,1-2H3,(H,20,22)(H,18,19,21);1H. The smallest absolute Gasteiger partial charge is 0.421 e. The second-order valence-corrected chi connectivity index (χ2v) is 7.61. The average Bonchev–Trinajstić information content (AvgIpc) is 3.15. The number of carbonyl (C=O) groups excluding carboxylic acids is 2. The number of carbonyl (C=O) groups is 2. The highest BCUT2D eigenvalue weighted by molar-refractivity contribution is 7.14. The van der Waals surface area contributed by atoms with Gasteiger partial charge in [-0.25, -0.2) is 15.6 Å². The van der Waals surface area contributed by atoms with Gasteiger partial charge in [0.05, 0.1) is 12.3 Å². The summed E-state index contributed by atoms with van der Waals surface area (Å²) in [5, 5.41) is 5.32. The SMILES string of the molecule is CC(=O)Nc1nc(CCc2cc(C)c(CCCOC(=O)NN)s2)cs1.Cl. The van der Waals surface area contributed by atoms with E-state index in [9.17, 15) is 9.59 Å². The summed E-state index contributed by atoms with van der Waals surface area (Å²) in [7, 11) is 0. The average molecular weight is 419 g/mol. The molecule has 0 aromatic carbocycles. The largest absolute Gasteiger partial charge is 0.449 e. The molecule has 0 spiro atoms. The number of aryl methyl sites for hydroxylation is 4. The number of hydrogen-bond donors (Lipinski definition) is 3. The number of thiophene rings is 1. The van der Waals surface area contributed by atoms with E-state index in [-0.39, 0.29) is 18.3 Å². The number of hydrogen-bond acceptors (Lipinski definition) is 7. The van der Waals surface area contributed by atoms with E-state index in [4.69, 9.17) is 10.6 Å². The molecule has 0 aliphatic heterocycles. The van der Waals surface area contributed by atoms with Crippen molar-refractivity contribution in [3.05, 3.63) is 32.5 Å². The number of nitrogens with one attached hydrogen (secondary N) is 2. The van der Waals surface area contributed by atoms with Gasteiger partial charge in [0.1, 0.15) is 0 Å². The van der Waals surface area contributed by atoms with Gasteiger partial charge in [-0.05, 0) is 44.2 Å². The van der Waals surface area contributed by atoms with Crippen LogP contribution < -0.4 is 16.6 Å². The van der Waals surface area contributed by atoms with Crippen LogP contribution in [0, 0.1) is 6.92 Å². The van der Waals surface area contributed by atoms with Gasteiger partial charge in [-0.2, -0.15) is 0 Å². The van der Waals surface area contributed by atoms with E-state index in [2.05, 4.69) is 23.3 Å². The first-order valence-corrected chi connectivity index (χ1v) is 9.61. The molecule has 2 aromatic rings. The van der Waals surface area contributed by atoms with Crippen LogP contribution in [0.5, 0.6) is 0 Å². The summed E-state index contributed by atoms with van der Waals surface area (Å²) in [6, 6.07) is 2.20. The molecule has 0 saturated carbocycles. The third-order valence-electron chi connectivity index (χ3n) is 3.43. The van der Waals surface area contributed by atoms with Gasteiger partial charge in [0.15, 0.2) is 5.13 Å². The molecule has 2 rings (SSSR count). The lowest BCUT2D eigenvalue weighted by Crippen LogP contribution is -2.30. The summed E-state index contributed by atoms with van der Waals surface area (Å²) < 4.78 is 4.89. The first kappa shape index (κ1) is 22.4. The summed E-state index contributed by atoms with van der Waals surface area (Å²) in [6.45, 7) is 3.92. The Morgan fingerprint density at radius 3 is 2.77 bits per heavy atom. The summed E-state index contributed by atoms with van der Waals surface area (Å²) in [5.74, 6) is 4.85. The van der Waals surface area contributed by atoms with E-state index in [0.717, 1.165) is 31.4 Å². The van der Waals surface area contributed by atoms with Crippen molar-refractivity contribution in [2.24, 2.45) is 5.84 Å². The van der Waals surface area contributed by atoms with Gasteiger partial charge in [0.2, 0.25) is 5.91 Å². The van der Waals surface area contributed by atoms with Crippen LogP contribution in [0.1, 0.15) is 34.4 Å². The number of rotatable bonds is 8. The van der Waals surface area contributed by atoms with Crippen LogP contribution in [0.4, 0.5) is 9.93 Å². The molecule has 144 valence electrons. The highest BCUT2D eigenvalue weighted by Crippen LogP contribution is 2.25. The number of amides is 2. The van der Waals surface area contributed by atoms with Gasteiger partial charge in [-0.1, -0.05) is 0 Å². The third-order valence-corrected chi connectivity index (χ3v) is 5.60. The van der Waals surface area contributed by atoms with Crippen molar-refractivity contribution in [3.8, 4) is 0 Å². The molecule has 0 bridgehead atoms. The van der Waals surface area contributed by atoms with E-state index in [1.165, 1.54) is 33.6 Å². The molecule has 0 fully saturated rings. The molecule has 10 heteroatoms. The van der Waals surface area contributed by atoms with Gasteiger partial charge in [0, 0.05) is 22.1 Å². The molecule has 7 nitrogen and oxygen atoms in total. The summed E-state index contributed by atoms with van der Waals surface area (Å²) in [6.07, 6.45) is 2.79. The van der Waals surface area contributed by atoms with Crippen molar-refractivity contribution in [3.63, 3.8) is 0 Å². The lowest BCUT2D eigenvalue weighted by atomic mass is 10.1. The van der Waals surface area contributed by atoms with Crippen molar-refractivity contribution in [1.82, 2.24) is 10.4 Å². The van der Waals surface area contributed by atoms with Crippen molar-refractivity contribution in [2.45, 2.75) is 39.5 Å². The molecule has 2 amide bonds. The normalized spacial score (nSPS) is 10.1. The zero-order chi connectivity index (χ0) is 18.2. The van der Waals surface area contributed by atoms with Crippen LogP contribution in [0.2, 0.25) is 0 Å². The number of nitrogens with zero attached hydrogens (tertiary/aromatic N) is 1. The second kappa shape index (κ2) is 11.1. The Balaban J connectivity index is 0.00000338. The predicted octanol–water partition coefficient (Wildman–Crippen LogP) is 3.21. The molecular formula is C16H23ClN4O3S2. The minimum Gasteiger partial charge on any atom is -0.449 e. The second-order valence-electron chi connectivity index (χ2n) is 5.53. The highest BCUT2D eigenvalue weighted by atomic mass is 35.5. The number of ether oxygens (including phenoxy) is 1. The van der Waals surface area contributed by atoms with Crippen molar-refractivity contribution in [2.75, 3.05) is 11.9 Å². The number of halogens is 1. The molecule has 2 aromatic heterocycles. The van der Waals surface area contributed by atoms with E-state index in [1.54, 1.807) is 11.3 Å². The molecule has 26 heavy (non-hydrogen) atoms. The minimum atomic E-state index is -0.606. The van der Waals surface area contributed by atoms with Crippen LogP contribution >= 0.6 is 35.1 Å². The predicted molar refractivity (Wildman–Crippen MR) is 107 cm³/mol. The summed E-state index contributed by atoms with van der Waals surface area (Å²) in [4.78, 5) is 28.9. The number of aromatic nitrogens is 1. The maximum atomic E-state index is 11.0. The first-order chi connectivity index (χ1) is 12.0. The van der Waals surface area contributed by atoms with E-state index >= 15 is 0 Å². The van der Waals surface area contributed by atoms with E-state index in [1.807, 2.05) is 10.8 Å². The molecule has 0 aliphatic carbocycles. The van der Waals surface area contributed by atoms with Crippen LogP contribution in [0.15, 0.2) is 11.4 Å².